The SMILES string of the molecule is CC1(C)CCC(c2nc3c(c(NN)n2)CCC3)CC1. The van der Waals surface area contributed by atoms with Gasteiger partial charge in [0.15, 0.2) is 0 Å². The Labute approximate surface area is 115 Å². The summed E-state index contributed by atoms with van der Waals surface area (Å²) >= 11 is 0. The molecular formula is C15H24N4. The monoisotopic (exact) mass is 260 g/mol. The Morgan fingerprint density at radius 3 is 2.58 bits per heavy atom. The van der Waals surface area contributed by atoms with Crippen LogP contribution in [-0.4, -0.2) is 9.97 Å². The lowest BCUT2D eigenvalue weighted by Gasteiger charge is -2.33. The highest BCUT2D eigenvalue weighted by atomic mass is 15.3. The second-order valence-electron chi connectivity index (χ2n) is 6.79. The Balaban J connectivity index is 1.86. The molecule has 0 atom stereocenters. The molecular weight excluding hydrogens is 236 g/mol. The normalized spacial score (nSPS) is 22.3. The summed E-state index contributed by atoms with van der Waals surface area (Å²) in [6.45, 7) is 4.72. The largest absolute Gasteiger partial charge is 0.308 e. The van der Waals surface area contributed by atoms with E-state index in [-0.39, 0.29) is 0 Å². The second-order valence-corrected chi connectivity index (χ2v) is 6.79. The maximum atomic E-state index is 5.62. The second kappa shape index (κ2) is 4.75. The standard InChI is InChI=1S/C15H24N4/c1-15(2)8-6-10(7-9-15)13-17-12-5-3-4-11(12)14(18-13)19-16/h10H,3-9,16H2,1-2H3,(H,17,18,19). The van der Waals surface area contributed by atoms with Crippen LogP contribution >= 0.6 is 0 Å². The van der Waals surface area contributed by atoms with E-state index < -0.39 is 0 Å². The number of nitrogens with zero attached hydrogens (tertiary/aromatic N) is 2. The lowest BCUT2D eigenvalue weighted by molar-refractivity contribution is 0.220. The summed E-state index contributed by atoms with van der Waals surface area (Å²) in [6.07, 6.45) is 8.27. The quantitative estimate of drug-likeness (QED) is 0.634. The molecule has 3 rings (SSSR count). The molecule has 0 saturated heterocycles. The average Bonchev–Trinajstić information content (AvgIpc) is 2.85. The van der Waals surface area contributed by atoms with Crippen LogP contribution in [-0.2, 0) is 12.8 Å². The van der Waals surface area contributed by atoms with Crippen molar-refractivity contribution in [2.75, 3.05) is 5.43 Å². The maximum absolute atomic E-state index is 5.62. The summed E-state index contributed by atoms with van der Waals surface area (Å²) in [4.78, 5) is 9.51. The predicted octanol–water partition coefficient (Wildman–Crippen LogP) is 2.93. The Morgan fingerprint density at radius 2 is 1.89 bits per heavy atom. The molecule has 1 fully saturated rings. The first-order valence-electron chi connectivity index (χ1n) is 7.45. The van der Waals surface area contributed by atoms with Gasteiger partial charge in [-0.2, -0.15) is 0 Å². The van der Waals surface area contributed by atoms with Gasteiger partial charge in [0, 0.05) is 17.2 Å². The van der Waals surface area contributed by atoms with Gasteiger partial charge in [-0.25, -0.2) is 15.8 Å². The first-order valence-corrected chi connectivity index (χ1v) is 7.45. The molecule has 104 valence electrons. The molecule has 19 heavy (non-hydrogen) atoms. The average molecular weight is 260 g/mol. The van der Waals surface area contributed by atoms with E-state index in [9.17, 15) is 0 Å². The van der Waals surface area contributed by atoms with Crippen molar-refractivity contribution in [2.45, 2.75) is 64.7 Å². The highest BCUT2D eigenvalue weighted by Crippen LogP contribution is 2.42. The van der Waals surface area contributed by atoms with E-state index in [1.807, 2.05) is 0 Å². The minimum absolute atomic E-state index is 0.488. The van der Waals surface area contributed by atoms with Crippen molar-refractivity contribution in [3.63, 3.8) is 0 Å². The molecule has 0 aromatic carbocycles. The summed E-state index contributed by atoms with van der Waals surface area (Å²) in [5.74, 6) is 8.02. The minimum atomic E-state index is 0.488. The Hall–Kier alpha value is -1.16. The summed E-state index contributed by atoms with van der Waals surface area (Å²) in [5.41, 5.74) is 5.72. The fourth-order valence-corrected chi connectivity index (χ4v) is 3.41. The zero-order valence-corrected chi connectivity index (χ0v) is 12.0. The number of hydrogen-bond donors (Lipinski definition) is 2. The van der Waals surface area contributed by atoms with Crippen LogP contribution in [0.2, 0.25) is 0 Å². The molecule has 4 heteroatoms. The predicted molar refractivity (Wildman–Crippen MR) is 76.9 cm³/mol. The highest BCUT2D eigenvalue weighted by molar-refractivity contribution is 5.48. The third kappa shape index (κ3) is 2.46. The van der Waals surface area contributed by atoms with Crippen LogP contribution in [0.4, 0.5) is 5.82 Å². The van der Waals surface area contributed by atoms with Gasteiger partial charge in [-0.05, 0) is 50.4 Å². The van der Waals surface area contributed by atoms with Gasteiger partial charge in [-0.15, -0.1) is 0 Å². The lowest BCUT2D eigenvalue weighted by atomic mass is 9.73. The number of rotatable bonds is 2. The van der Waals surface area contributed by atoms with Crippen molar-refractivity contribution in [1.82, 2.24) is 9.97 Å². The van der Waals surface area contributed by atoms with Gasteiger partial charge in [0.1, 0.15) is 11.6 Å². The van der Waals surface area contributed by atoms with Crippen molar-refractivity contribution in [1.29, 1.82) is 0 Å². The molecule has 1 saturated carbocycles. The smallest absolute Gasteiger partial charge is 0.147 e. The Morgan fingerprint density at radius 1 is 1.16 bits per heavy atom. The zero-order chi connectivity index (χ0) is 13.5. The molecule has 1 aromatic rings. The molecule has 1 heterocycles. The summed E-state index contributed by atoms with van der Waals surface area (Å²) in [5, 5.41) is 0. The first-order chi connectivity index (χ1) is 9.09. The Bertz CT molecular complexity index is 471. The van der Waals surface area contributed by atoms with E-state index in [0.717, 1.165) is 24.5 Å². The van der Waals surface area contributed by atoms with Crippen LogP contribution in [0.25, 0.3) is 0 Å². The number of nitrogens with one attached hydrogen (secondary N) is 1. The van der Waals surface area contributed by atoms with Crippen LogP contribution in [0.5, 0.6) is 0 Å². The summed E-state index contributed by atoms with van der Waals surface area (Å²) in [6, 6.07) is 0. The molecule has 1 aromatic heterocycles. The van der Waals surface area contributed by atoms with Gasteiger partial charge in [-0.1, -0.05) is 13.8 Å². The van der Waals surface area contributed by atoms with Crippen molar-refractivity contribution in [3.8, 4) is 0 Å². The molecule has 4 nitrogen and oxygen atoms in total. The summed E-state index contributed by atoms with van der Waals surface area (Å²) < 4.78 is 0. The van der Waals surface area contributed by atoms with Crippen molar-refractivity contribution >= 4 is 5.82 Å². The molecule has 0 spiro atoms. The molecule has 0 amide bonds. The van der Waals surface area contributed by atoms with Crippen molar-refractivity contribution < 1.29 is 0 Å². The van der Waals surface area contributed by atoms with Gasteiger partial charge < -0.3 is 5.43 Å². The van der Waals surface area contributed by atoms with E-state index in [1.165, 1.54) is 43.4 Å². The van der Waals surface area contributed by atoms with E-state index in [1.54, 1.807) is 0 Å². The van der Waals surface area contributed by atoms with E-state index in [4.69, 9.17) is 10.8 Å². The number of nitrogens with two attached hydrogens (primary N) is 1. The maximum Gasteiger partial charge on any atom is 0.147 e. The molecule has 3 N–H and O–H groups in total. The van der Waals surface area contributed by atoms with Crippen LogP contribution in [0.3, 0.4) is 0 Å². The summed E-state index contributed by atoms with van der Waals surface area (Å²) in [7, 11) is 0. The molecule has 0 unspecified atom stereocenters. The van der Waals surface area contributed by atoms with Gasteiger partial charge in [0.2, 0.25) is 0 Å². The van der Waals surface area contributed by atoms with Crippen LogP contribution < -0.4 is 11.3 Å². The lowest BCUT2D eigenvalue weighted by Crippen LogP contribution is -2.22. The molecule has 0 radical (unpaired) electrons. The van der Waals surface area contributed by atoms with Gasteiger partial charge in [0.05, 0.1) is 0 Å². The van der Waals surface area contributed by atoms with Crippen molar-refractivity contribution in [2.24, 2.45) is 11.3 Å². The van der Waals surface area contributed by atoms with E-state index in [0.29, 0.717) is 11.3 Å². The first kappa shape index (κ1) is 12.9. The zero-order valence-electron chi connectivity index (χ0n) is 12.0. The number of aromatic nitrogens is 2. The molecule has 2 aliphatic carbocycles. The number of hydrazine groups is 1. The van der Waals surface area contributed by atoms with E-state index >= 15 is 0 Å². The number of hydrogen-bond acceptors (Lipinski definition) is 4. The molecule has 0 bridgehead atoms. The number of aryl methyl sites for hydroxylation is 1. The van der Waals surface area contributed by atoms with Gasteiger partial charge in [-0.3, -0.25) is 0 Å². The van der Waals surface area contributed by atoms with Crippen LogP contribution in [0, 0.1) is 5.41 Å². The van der Waals surface area contributed by atoms with Crippen LogP contribution in [0.1, 0.15) is 69.0 Å². The molecule has 2 aliphatic rings. The van der Waals surface area contributed by atoms with E-state index in [2.05, 4.69) is 24.3 Å². The number of nitrogen functional groups attached to an aromatic ring is 1. The van der Waals surface area contributed by atoms with Crippen molar-refractivity contribution in [3.05, 3.63) is 17.1 Å². The van der Waals surface area contributed by atoms with Gasteiger partial charge >= 0.3 is 0 Å². The molecule has 0 aliphatic heterocycles. The number of fused-ring (bicyclic) bond motifs is 1. The number of anilines is 1. The van der Waals surface area contributed by atoms with Crippen LogP contribution in [0.15, 0.2) is 0 Å². The third-order valence-electron chi connectivity index (χ3n) is 4.79. The fourth-order valence-electron chi connectivity index (χ4n) is 3.41. The minimum Gasteiger partial charge on any atom is -0.308 e. The third-order valence-corrected chi connectivity index (χ3v) is 4.79. The Kier molecular flexibility index (Phi) is 3.21. The van der Waals surface area contributed by atoms with Gasteiger partial charge in [0.25, 0.3) is 0 Å². The fraction of sp³-hybridized carbons (Fsp3) is 0.733. The highest BCUT2D eigenvalue weighted by Gasteiger charge is 2.30. The topological polar surface area (TPSA) is 63.8 Å².